The summed E-state index contributed by atoms with van der Waals surface area (Å²) in [6.07, 6.45) is 0.470. The van der Waals surface area contributed by atoms with E-state index in [9.17, 15) is 5.11 Å². The summed E-state index contributed by atoms with van der Waals surface area (Å²) < 4.78 is 0. The Hall–Kier alpha value is -1.37. The first kappa shape index (κ1) is 13.1. The summed E-state index contributed by atoms with van der Waals surface area (Å²) >= 11 is 0. The summed E-state index contributed by atoms with van der Waals surface area (Å²) in [5.41, 5.74) is 0.576. The van der Waals surface area contributed by atoms with Crippen LogP contribution in [0.1, 0.15) is 31.9 Å². The molecule has 1 heterocycles. The van der Waals surface area contributed by atoms with E-state index < -0.39 is 5.60 Å². The van der Waals surface area contributed by atoms with E-state index in [0.29, 0.717) is 19.5 Å². The van der Waals surface area contributed by atoms with Crippen LogP contribution in [0.25, 0.3) is 0 Å². The Balaban J connectivity index is 2.09. The Morgan fingerprint density at radius 3 is 2.44 bits per heavy atom. The monoisotopic (exact) mass is 244 g/mol. The molecule has 1 aliphatic heterocycles. The van der Waals surface area contributed by atoms with Crippen LogP contribution < -0.4 is 0 Å². The summed E-state index contributed by atoms with van der Waals surface area (Å²) in [6.45, 7) is 5.40. The normalized spacial score (nSPS) is 20.2. The number of benzene rings is 1. The van der Waals surface area contributed by atoms with Crippen LogP contribution >= 0.6 is 0 Å². The van der Waals surface area contributed by atoms with E-state index in [1.807, 2.05) is 32.0 Å². The van der Waals surface area contributed by atoms with Crippen LogP contribution in [-0.2, 0) is 0 Å². The second-order valence-corrected chi connectivity index (χ2v) is 5.45. The maximum Gasteiger partial charge on any atom is 0.0923 e. The average molecular weight is 244 g/mol. The van der Waals surface area contributed by atoms with E-state index in [0.717, 1.165) is 5.56 Å². The molecular weight excluding hydrogens is 224 g/mol. The lowest BCUT2D eigenvalue weighted by Gasteiger charge is -2.52. The van der Waals surface area contributed by atoms with Crippen molar-refractivity contribution in [2.45, 2.75) is 31.9 Å². The lowest BCUT2D eigenvalue weighted by molar-refractivity contribution is -0.142. The highest BCUT2D eigenvalue weighted by Crippen LogP contribution is 2.36. The van der Waals surface area contributed by atoms with Crippen LogP contribution in [0.2, 0.25) is 0 Å². The molecule has 0 aliphatic carbocycles. The molecule has 3 heteroatoms. The van der Waals surface area contributed by atoms with Gasteiger partial charge < -0.3 is 5.11 Å². The molecule has 0 radical (unpaired) electrons. The Morgan fingerprint density at radius 1 is 1.33 bits per heavy atom. The fraction of sp³-hybridized carbons (Fsp3) is 0.533. The summed E-state index contributed by atoms with van der Waals surface area (Å²) in [4.78, 5) is 2.19. The maximum atomic E-state index is 10.3. The van der Waals surface area contributed by atoms with E-state index >= 15 is 0 Å². The molecule has 0 bridgehead atoms. The van der Waals surface area contributed by atoms with Crippen molar-refractivity contribution in [3.8, 4) is 6.07 Å². The van der Waals surface area contributed by atoms with Crippen LogP contribution in [0.4, 0.5) is 0 Å². The van der Waals surface area contributed by atoms with Gasteiger partial charge in [0.1, 0.15) is 0 Å². The molecule has 1 unspecified atom stereocenters. The van der Waals surface area contributed by atoms with Gasteiger partial charge in [0, 0.05) is 19.1 Å². The van der Waals surface area contributed by atoms with Gasteiger partial charge in [0.15, 0.2) is 0 Å². The molecule has 1 N–H and O–H groups in total. The molecule has 1 fully saturated rings. The number of β-amino-alcohol motifs (C(OH)–C–C–N with tert-alkyl or cyclic N) is 1. The second kappa shape index (κ2) is 5.09. The molecule has 0 aromatic heterocycles. The van der Waals surface area contributed by atoms with Crippen LogP contribution in [0, 0.1) is 17.2 Å². The third-order valence-electron chi connectivity index (χ3n) is 3.94. The zero-order chi connectivity index (χ0) is 13.2. The highest BCUT2D eigenvalue weighted by Gasteiger charge is 2.46. The predicted octanol–water partition coefficient (Wildman–Crippen LogP) is 2.34. The van der Waals surface area contributed by atoms with Gasteiger partial charge in [-0.3, -0.25) is 4.90 Å². The van der Waals surface area contributed by atoms with Gasteiger partial charge >= 0.3 is 0 Å². The molecule has 1 aliphatic rings. The maximum absolute atomic E-state index is 10.3. The lowest BCUT2D eigenvalue weighted by atomic mass is 9.81. The molecule has 18 heavy (non-hydrogen) atoms. The van der Waals surface area contributed by atoms with Gasteiger partial charge in [-0.2, -0.15) is 5.26 Å². The number of likely N-dealkylation sites (tertiary alicyclic amines) is 1. The quantitative estimate of drug-likeness (QED) is 0.884. The first-order valence-electron chi connectivity index (χ1n) is 6.45. The van der Waals surface area contributed by atoms with E-state index in [1.165, 1.54) is 0 Å². The molecule has 96 valence electrons. The molecule has 0 amide bonds. The SMILES string of the molecule is CC(C)C1(O)CN(C(CC#N)c2ccccc2)C1. The number of hydrogen-bond donors (Lipinski definition) is 1. The van der Waals surface area contributed by atoms with E-state index in [1.54, 1.807) is 0 Å². The molecule has 3 nitrogen and oxygen atoms in total. The first-order valence-corrected chi connectivity index (χ1v) is 6.45. The average Bonchev–Trinajstić information content (AvgIpc) is 2.33. The minimum Gasteiger partial charge on any atom is -0.387 e. The van der Waals surface area contributed by atoms with Crippen molar-refractivity contribution in [2.24, 2.45) is 5.92 Å². The smallest absolute Gasteiger partial charge is 0.0923 e. The van der Waals surface area contributed by atoms with Crippen LogP contribution in [0.5, 0.6) is 0 Å². The molecule has 2 rings (SSSR count). The van der Waals surface area contributed by atoms with Gasteiger partial charge in [-0.25, -0.2) is 0 Å². The molecule has 1 aromatic rings. The van der Waals surface area contributed by atoms with Crippen molar-refractivity contribution < 1.29 is 5.11 Å². The van der Waals surface area contributed by atoms with Gasteiger partial charge in [0.05, 0.1) is 18.1 Å². The molecule has 1 atom stereocenters. The van der Waals surface area contributed by atoms with Crippen molar-refractivity contribution in [3.05, 3.63) is 35.9 Å². The van der Waals surface area contributed by atoms with Gasteiger partial charge in [0.25, 0.3) is 0 Å². The summed E-state index contributed by atoms with van der Waals surface area (Å²) in [5.74, 6) is 0.257. The Morgan fingerprint density at radius 2 is 1.94 bits per heavy atom. The Bertz CT molecular complexity index is 430. The third-order valence-corrected chi connectivity index (χ3v) is 3.94. The number of hydrogen-bond acceptors (Lipinski definition) is 3. The minimum absolute atomic E-state index is 0.107. The summed E-state index contributed by atoms with van der Waals surface area (Å²) in [7, 11) is 0. The number of aliphatic hydroxyl groups is 1. The predicted molar refractivity (Wildman–Crippen MR) is 70.8 cm³/mol. The van der Waals surface area contributed by atoms with Crippen molar-refractivity contribution in [2.75, 3.05) is 13.1 Å². The fourth-order valence-corrected chi connectivity index (χ4v) is 2.46. The van der Waals surface area contributed by atoms with Crippen LogP contribution in [0.15, 0.2) is 30.3 Å². The van der Waals surface area contributed by atoms with Gasteiger partial charge in [0.2, 0.25) is 0 Å². The van der Waals surface area contributed by atoms with Crippen molar-refractivity contribution in [3.63, 3.8) is 0 Å². The highest BCUT2D eigenvalue weighted by molar-refractivity contribution is 5.21. The summed E-state index contributed by atoms with van der Waals surface area (Å²) in [6, 6.07) is 12.4. The second-order valence-electron chi connectivity index (χ2n) is 5.45. The fourth-order valence-electron chi connectivity index (χ4n) is 2.46. The van der Waals surface area contributed by atoms with E-state index in [-0.39, 0.29) is 12.0 Å². The first-order chi connectivity index (χ1) is 8.57. The van der Waals surface area contributed by atoms with Crippen molar-refractivity contribution in [1.29, 1.82) is 5.26 Å². The Kier molecular flexibility index (Phi) is 3.70. The molecule has 0 saturated carbocycles. The Labute approximate surface area is 109 Å². The number of rotatable bonds is 4. The molecule has 0 spiro atoms. The highest BCUT2D eigenvalue weighted by atomic mass is 16.3. The molecule has 1 saturated heterocycles. The van der Waals surface area contributed by atoms with Gasteiger partial charge in [-0.05, 0) is 11.5 Å². The van der Waals surface area contributed by atoms with Gasteiger partial charge in [-0.1, -0.05) is 44.2 Å². The van der Waals surface area contributed by atoms with Crippen LogP contribution in [-0.4, -0.2) is 28.7 Å². The summed E-state index contributed by atoms with van der Waals surface area (Å²) in [5, 5.41) is 19.3. The van der Waals surface area contributed by atoms with E-state index in [2.05, 4.69) is 23.1 Å². The van der Waals surface area contributed by atoms with Crippen LogP contribution in [0.3, 0.4) is 0 Å². The lowest BCUT2D eigenvalue weighted by Crippen LogP contribution is -2.65. The standard InChI is InChI=1S/C15H20N2O/c1-12(2)15(18)10-17(11-15)14(8-9-16)13-6-4-3-5-7-13/h3-7,12,14,18H,8,10-11H2,1-2H3. The third kappa shape index (κ3) is 2.40. The molecule has 1 aromatic carbocycles. The minimum atomic E-state index is -0.581. The largest absolute Gasteiger partial charge is 0.387 e. The number of nitrogens with zero attached hydrogens (tertiary/aromatic N) is 2. The number of nitriles is 1. The molecular formula is C15H20N2O. The van der Waals surface area contributed by atoms with Gasteiger partial charge in [-0.15, -0.1) is 0 Å². The van der Waals surface area contributed by atoms with E-state index in [4.69, 9.17) is 5.26 Å². The zero-order valence-corrected chi connectivity index (χ0v) is 11.0. The zero-order valence-electron chi connectivity index (χ0n) is 11.0. The van der Waals surface area contributed by atoms with Crippen molar-refractivity contribution in [1.82, 2.24) is 4.90 Å². The van der Waals surface area contributed by atoms with Crippen molar-refractivity contribution >= 4 is 0 Å². The topological polar surface area (TPSA) is 47.3 Å².